The molecule has 0 atom stereocenters. The largest absolute Gasteiger partial charge is 0.549 e. The minimum atomic E-state index is -1.66. The summed E-state index contributed by atoms with van der Waals surface area (Å²) < 4.78 is 0. The van der Waals surface area contributed by atoms with E-state index in [1.807, 2.05) is 0 Å². The number of carbonyl (C=O) groups is 2. The van der Waals surface area contributed by atoms with Crippen molar-refractivity contribution in [3.05, 3.63) is 30.1 Å². The summed E-state index contributed by atoms with van der Waals surface area (Å²) in [5.74, 6) is -4.96. The van der Waals surface area contributed by atoms with Crippen molar-refractivity contribution in [3.8, 4) is 0 Å². The van der Waals surface area contributed by atoms with Crippen molar-refractivity contribution >= 4 is 11.9 Å². The second kappa shape index (κ2) is 4.36. The molecule has 0 bridgehead atoms. The summed E-state index contributed by atoms with van der Waals surface area (Å²) >= 11 is 0. The number of aromatic nitrogens is 1. The molecule has 1 heterocycles. The van der Waals surface area contributed by atoms with Gasteiger partial charge in [-0.05, 0) is 12.1 Å². The molecule has 14 heavy (non-hydrogen) atoms. The Bertz CT molecular complexity index is 322. The van der Waals surface area contributed by atoms with Crippen LogP contribution in [0, 0.1) is 5.92 Å². The van der Waals surface area contributed by atoms with Crippen molar-refractivity contribution in [3.63, 3.8) is 0 Å². The molecule has 0 unspecified atom stereocenters. The van der Waals surface area contributed by atoms with Crippen LogP contribution in [0.1, 0.15) is 5.69 Å². The zero-order valence-electron chi connectivity index (χ0n) is 7.17. The quantitative estimate of drug-likeness (QED) is 0.503. The maximum absolute atomic E-state index is 10.4. The van der Waals surface area contributed by atoms with Crippen LogP contribution in [0.4, 0.5) is 0 Å². The zero-order valence-corrected chi connectivity index (χ0v) is 7.17. The lowest BCUT2D eigenvalue weighted by Crippen LogP contribution is -2.44. The van der Waals surface area contributed by atoms with Crippen LogP contribution in [-0.2, 0) is 16.0 Å². The summed E-state index contributed by atoms with van der Waals surface area (Å²) in [6.45, 7) is 0. The summed E-state index contributed by atoms with van der Waals surface area (Å²) in [7, 11) is 0. The predicted octanol–water partition coefficient (Wildman–Crippen LogP) is -2.26. The molecule has 5 heteroatoms. The molecule has 1 aromatic heterocycles. The molecule has 0 amide bonds. The number of nitrogens with zero attached hydrogens (tertiary/aromatic N) is 1. The van der Waals surface area contributed by atoms with Crippen LogP contribution in [0.25, 0.3) is 0 Å². The highest BCUT2D eigenvalue weighted by atomic mass is 16.4. The third-order valence-electron chi connectivity index (χ3n) is 1.71. The fraction of sp³-hybridized carbons (Fsp3) is 0.222. The molecule has 0 saturated carbocycles. The van der Waals surface area contributed by atoms with Gasteiger partial charge >= 0.3 is 0 Å². The van der Waals surface area contributed by atoms with Gasteiger partial charge in [-0.1, -0.05) is 6.07 Å². The Hall–Kier alpha value is -1.91. The first kappa shape index (κ1) is 10.2. The Morgan fingerprint density at radius 2 is 1.93 bits per heavy atom. The third-order valence-corrected chi connectivity index (χ3v) is 1.71. The maximum Gasteiger partial charge on any atom is 0.0505 e. The van der Waals surface area contributed by atoms with Crippen molar-refractivity contribution < 1.29 is 19.8 Å². The van der Waals surface area contributed by atoms with Gasteiger partial charge < -0.3 is 19.8 Å². The van der Waals surface area contributed by atoms with Gasteiger partial charge in [0.2, 0.25) is 0 Å². The molecule has 0 spiro atoms. The van der Waals surface area contributed by atoms with Crippen molar-refractivity contribution in [2.24, 2.45) is 5.92 Å². The SMILES string of the molecule is O=C([O-])C(Cc1ccccn1)C(=O)[O-]. The lowest BCUT2D eigenvalue weighted by molar-refractivity contribution is -0.331. The molecule has 0 fully saturated rings. The van der Waals surface area contributed by atoms with Crippen molar-refractivity contribution in [2.75, 3.05) is 0 Å². The minimum absolute atomic E-state index is 0.217. The third kappa shape index (κ3) is 2.55. The zero-order chi connectivity index (χ0) is 10.6. The molecular weight excluding hydrogens is 186 g/mol. The number of rotatable bonds is 4. The summed E-state index contributed by atoms with van der Waals surface area (Å²) in [6.07, 6.45) is 1.24. The molecule has 0 radical (unpaired) electrons. The number of pyridine rings is 1. The van der Waals surface area contributed by atoms with E-state index in [0.717, 1.165) is 0 Å². The molecule has 0 aromatic carbocycles. The van der Waals surface area contributed by atoms with Gasteiger partial charge in [0.05, 0.1) is 11.9 Å². The van der Waals surface area contributed by atoms with Crippen LogP contribution in [0.2, 0.25) is 0 Å². The van der Waals surface area contributed by atoms with E-state index in [9.17, 15) is 19.8 Å². The second-order valence-electron chi connectivity index (χ2n) is 2.72. The van der Waals surface area contributed by atoms with Crippen molar-refractivity contribution in [2.45, 2.75) is 6.42 Å². The minimum Gasteiger partial charge on any atom is -0.549 e. The number of carboxylic acids is 2. The Balaban J connectivity index is 2.75. The number of aliphatic carboxylic acids is 2. The molecule has 0 N–H and O–H groups in total. The molecule has 0 aliphatic heterocycles. The van der Waals surface area contributed by atoms with Crippen LogP contribution < -0.4 is 10.2 Å². The van der Waals surface area contributed by atoms with Gasteiger partial charge in [0.15, 0.2) is 0 Å². The highest BCUT2D eigenvalue weighted by Gasteiger charge is 2.12. The number of hydrogen-bond donors (Lipinski definition) is 0. The van der Waals surface area contributed by atoms with Crippen molar-refractivity contribution in [1.29, 1.82) is 0 Å². The topological polar surface area (TPSA) is 93.2 Å². The molecule has 74 valence electrons. The summed E-state index contributed by atoms with van der Waals surface area (Å²) in [5, 5.41) is 20.8. The standard InChI is InChI=1S/C9H9NO4/c11-8(12)7(9(13)14)5-6-3-1-2-4-10-6/h1-4,7H,5H2,(H,11,12)(H,13,14)/p-2. The maximum atomic E-state index is 10.4. The highest BCUT2D eigenvalue weighted by Crippen LogP contribution is 2.04. The normalized spacial score (nSPS) is 10.1. The van der Waals surface area contributed by atoms with E-state index in [1.165, 1.54) is 6.20 Å². The van der Waals surface area contributed by atoms with Crippen LogP contribution in [0.5, 0.6) is 0 Å². The second-order valence-corrected chi connectivity index (χ2v) is 2.72. The molecule has 0 saturated heterocycles. The van der Waals surface area contributed by atoms with Gasteiger partial charge in [-0.2, -0.15) is 0 Å². The van der Waals surface area contributed by atoms with Crippen LogP contribution in [0.15, 0.2) is 24.4 Å². The van der Waals surface area contributed by atoms with Gasteiger partial charge in [-0.25, -0.2) is 0 Å². The first-order valence-electron chi connectivity index (χ1n) is 3.93. The van der Waals surface area contributed by atoms with E-state index in [4.69, 9.17) is 0 Å². The Morgan fingerprint density at radius 1 is 1.29 bits per heavy atom. The van der Waals surface area contributed by atoms with Gasteiger partial charge in [0.1, 0.15) is 0 Å². The summed E-state index contributed by atoms with van der Waals surface area (Å²) in [6, 6.07) is 4.83. The monoisotopic (exact) mass is 193 g/mol. The fourth-order valence-electron chi connectivity index (χ4n) is 0.991. The molecule has 0 aliphatic rings. The van der Waals surface area contributed by atoms with E-state index in [1.54, 1.807) is 18.2 Å². The lowest BCUT2D eigenvalue weighted by Gasteiger charge is -2.18. The summed E-state index contributed by atoms with van der Waals surface area (Å²) in [4.78, 5) is 24.6. The van der Waals surface area contributed by atoms with E-state index >= 15 is 0 Å². The molecule has 1 rings (SSSR count). The molecular formula is C9H7NO4-2. The fourth-order valence-corrected chi connectivity index (χ4v) is 0.991. The first-order valence-corrected chi connectivity index (χ1v) is 3.93. The van der Waals surface area contributed by atoms with Crippen LogP contribution in [0.3, 0.4) is 0 Å². The van der Waals surface area contributed by atoms with Crippen molar-refractivity contribution in [1.82, 2.24) is 4.98 Å². The van der Waals surface area contributed by atoms with Gasteiger partial charge in [-0.15, -0.1) is 0 Å². The van der Waals surface area contributed by atoms with E-state index < -0.39 is 17.9 Å². The molecule has 0 aliphatic carbocycles. The predicted molar refractivity (Wildman–Crippen MR) is 41.4 cm³/mol. The molecule has 1 aromatic rings. The molecule has 5 nitrogen and oxygen atoms in total. The van der Waals surface area contributed by atoms with Crippen LogP contribution >= 0.6 is 0 Å². The van der Waals surface area contributed by atoms with Gasteiger partial charge in [0, 0.05) is 24.2 Å². The van der Waals surface area contributed by atoms with Gasteiger partial charge in [-0.3, -0.25) is 4.98 Å². The number of carboxylic acid groups (broad SMARTS) is 2. The summed E-state index contributed by atoms with van der Waals surface area (Å²) in [5.41, 5.74) is 0.380. The Morgan fingerprint density at radius 3 is 2.36 bits per heavy atom. The van der Waals surface area contributed by atoms with E-state index in [0.29, 0.717) is 5.69 Å². The smallest absolute Gasteiger partial charge is 0.0505 e. The number of carbonyl (C=O) groups excluding carboxylic acids is 2. The first-order chi connectivity index (χ1) is 6.61. The average Bonchev–Trinajstić information content (AvgIpc) is 2.15. The lowest BCUT2D eigenvalue weighted by atomic mass is 10.0. The average molecular weight is 193 g/mol. The Kier molecular flexibility index (Phi) is 3.17. The van der Waals surface area contributed by atoms with E-state index in [2.05, 4.69) is 4.98 Å². The highest BCUT2D eigenvalue weighted by molar-refractivity contribution is 5.90. The van der Waals surface area contributed by atoms with Gasteiger partial charge in [0.25, 0.3) is 0 Å². The Labute approximate surface area is 80.0 Å². The van der Waals surface area contributed by atoms with E-state index in [-0.39, 0.29) is 6.42 Å². The number of hydrogen-bond acceptors (Lipinski definition) is 5. The van der Waals surface area contributed by atoms with Crippen LogP contribution in [-0.4, -0.2) is 16.9 Å².